The second-order valence-electron chi connectivity index (χ2n) is 32.0. The van der Waals surface area contributed by atoms with E-state index in [1.165, 1.54) is 186 Å². The molecule has 0 saturated carbocycles. The molecule has 4 aromatic carbocycles. The molecule has 0 radical (unpaired) electrons. The highest BCUT2D eigenvalue weighted by molar-refractivity contribution is 6.31. The predicted octanol–water partition coefficient (Wildman–Crippen LogP) is 20.4. The second-order valence-corrected chi connectivity index (χ2v) is 32.9. The van der Waals surface area contributed by atoms with Gasteiger partial charge in [0.05, 0.1) is 10.6 Å². The lowest BCUT2D eigenvalue weighted by atomic mass is 9.89. The van der Waals surface area contributed by atoms with E-state index >= 15 is 0 Å². The Hall–Kier alpha value is -8.22. The number of nitrogens with zero attached hydrogens (tertiary/aromatic N) is 12. The van der Waals surface area contributed by atoms with Gasteiger partial charge >= 0.3 is 6.18 Å². The summed E-state index contributed by atoms with van der Waals surface area (Å²) in [6, 6.07) is 42.7. The Balaban J connectivity index is 0.000000106. The molecule has 8 aliphatic heterocycles. The summed E-state index contributed by atoms with van der Waals surface area (Å²) < 4.78 is 61.4. The predicted molar refractivity (Wildman–Crippen MR) is 432 cm³/mol. The standard InChI is InChI=1S/C23H26ClN3.C23H26FN3.C23H27N3.C22H21ClF3N3/c2*1-16-14-19-22-20-4-2-3-11-26(20)12-10-21(22)27(23(19)25-15-16)13-9-17-5-7-18(24)8-6-17;1-17-15-19-22-20-9-5-6-12-25(20)13-11-21(22)26(23(19)24-16-17)14-10-18-7-3-2-4-8-18;23-16-12-17-20-18-2-1-9-28(18)10-8-19(20)29(21(17)27-13-16)11-7-14-3-5-15(6-4-14)22(24,25)26/h2*5-8,14-15,20H,2-4,9-13H2,1H3;2-4,7-8,15-16,20H,5-6,9-14H2,1H3;3-6,12-13,18H,1-2,7-11H2. The van der Waals surface area contributed by atoms with Gasteiger partial charge in [-0.05, 0) is 246 Å². The molecule has 0 bridgehead atoms. The lowest BCUT2D eigenvalue weighted by molar-refractivity contribution is -0.137. The molecule has 12 nitrogen and oxygen atoms in total. The van der Waals surface area contributed by atoms with Gasteiger partial charge < -0.3 is 18.3 Å². The van der Waals surface area contributed by atoms with E-state index in [1.54, 1.807) is 47.3 Å². The number of hydrogen-bond donors (Lipinski definition) is 0. The first-order chi connectivity index (χ1) is 53.1. The summed E-state index contributed by atoms with van der Waals surface area (Å²) in [5, 5.41) is 6.70. The fraction of sp³-hybridized carbons (Fsp3) is 0.429. The highest BCUT2D eigenvalue weighted by Crippen LogP contribution is 2.47. The van der Waals surface area contributed by atoms with Crippen molar-refractivity contribution in [1.82, 2.24) is 57.8 Å². The van der Waals surface area contributed by atoms with Gasteiger partial charge in [0.1, 0.15) is 28.4 Å². The third kappa shape index (κ3) is 15.2. The van der Waals surface area contributed by atoms with Crippen molar-refractivity contribution >= 4 is 67.3 Å². The monoisotopic (exact) mass is 1510 g/mol. The summed E-state index contributed by atoms with van der Waals surface area (Å²) in [5.41, 5.74) is 24.3. The van der Waals surface area contributed by atoms with Crippen molar-refractivity contribution in [3.63, 3.8) is 0 Å². The molecule has 12 aromatic rings. The molecule has 0 aliphatic carbocycles. The zero-order valence-corrected chi connectivity index (χ0v) is 64.8. The summed E-state index contributed by atoms with van der Waals surface area (Å²) in [4.78, 5) is 29.9. The number of benzene rings is 4. The first-order valence-corrected chi connectivity index (χ1v) is 41.1. The van der Waals surface area contributed by atoms with Crippen LogP contribution in [0.15, 0.2) is 152 Å². The molecule has 20 rings (SSSR count). The minimum atomic E-state index is -4.30. The van der Waals surface area contributed by atoms with Crippen molar-refractivity contribution < 1.29 is 17.6 Å². The Morgan fingerprint density at radius 1 is 0.358 bits per heavy atom. The van der Waals surface area contributed by atoms with Crippen LogP contribution in [0.4, 0.5) is 17.6 Å². The fourth-order valence-corrected chi connectivity index (χ4v) is 20.2. The van der Waals surface area contributed by atoms with E-state index in [1.807, 2.05) is 48.9 Å². The lowest BCUT2D eigenvalue weighted by Crippen LogP contribution is -2.39. The van der Waals surface area contributed by atoms with Crippen LogP contribution in [0.5, 0.6) is 0 Å². The quantitative estimate of drug-likeness (QED) is 0.112. The van der Waals surface area contributed by atoms with Gasteiger partial charge in [-0.15, -0.1) is 0 Å². The summed E-state index contributed by atoms with van der Waals surface area (Å²) in [5.74, 6) is -0.169. The van der Waals surface area contributed by atoms with E-state index in [0.29, 0.717) is 42.2 Å². The summed E-state index contributed by atoms with van der Waals surface area (Å²) in [6.45, 7) is 19.5. The number of pyridine rings is 4. The molecule has 566 valence electrons. The molecule has 16 heterocycles. The van der Waals surface area contributed by atoms with E-state index in [-0.39, 0.29) is 5.82 Å². The van der Waals surface area contributed by atoms with Crippen molar-refractivity contribution in [3.05, 3.63) is 258 Å². The first kappa shape index (κ1) is 73.6. The van der Waals surface area contributed by atoms with Crippen molar-refractivity contribution in [2.24, 2.45) is 0 Å². The summed E-state index contributed by atoms with van der Waals surface area (Å²) in [7, 11) is 0. The molecule has 109 heavy (non-hydrogen) atoms. The molecular weight excluding hydrogens is 1410 g/mol. The maximum absolute atomic E-state index is 13.2. The van der Waals surface area contributed by atoms with Crippen LogP contribution < -0.4 is 0 Å². The van der Waals surface area contributed by atoms with E-state index < -0.39 is 11.7 Å². The first-order valence-electron chi connectivity index (χ1n) is 40.4. The highest BCUT2D eigenvalue weighted by atomic mass is 35.5. The van der Waals surface area contributed by atoms with Gasteiger partial charge in [0.15, 0.2) is 0 Å². The maximum Gasteiger partial charge on any atom is 0.416 e. The minimum absolute atomic E-state index is 0.169. The largest absolute Gasteiger partial charge is 0.416 e. The zero-order valence-electron chi connectivity index (χ0n) is 63.3. The van der Waals surface area contributed by atoms with Gasteiger partial charge in [-0.2, -0.15) is 13.2 Å². The van der Waals surface area contributed by atoms with Crippen LogP contribution in [0.25, 0.3) is 44.1 Å². The second kappa shape index (κ2) is 31.9. The average Bonchev–Trinajstić information content (AvgIpc) is 1.61. The van der Waals surface area contributed by atoms with Crippen LogP contribution in [0.1, 0.15) is 184 Å². The number of fused-ring (bicyclic) bond motifs is 20. The Morgan fingerprint density at radius 2 is 0.679 bits per heavy atom. The smallest absolute Gasteiger partial charge is 0.329 e. The molecule has 4 atom stereocenters. The van der Waals surface area contributed by atoms with Crippen molar-refractivity contribution in [3.8, 4) is 0 Å². The molecule has 18 heteroatoms. The van der Waals surface area contributed by atoms with Crippen molar-refractivity contribution in [2.45, 2.75) is 199 Å². The molecule has 0 spiro atoms. The van der Waals surface area contributed by atoms with Crippen LogP contribution >= 0.6 is 23.2 Å². The molecule has 0 N–H and O–H groups in total. The highest BCUT2D eigenvalue weighted by Gasteiger charge is 2.40. The third-order valence-electron chi connectivity index (χ3n) is 25.1. The normalized spacial score (nSPS) is 19.8. The SMILES string of the molecule is Cc1cnc2c(c1)c1c(n2CCc2ccc(Cl)cc2)CCN2CCCCC12.Cc1cnc2c(c1)c1c(n2CCc2ccc(F)cc2)CCN2CCCCC12.Cc1cnc2c(c1)c1c(n2CCc2ccccc2)CCN2CCCCC12.FC(F)(F)c1ccc(CCn2c3c(c4cc(Cl)cnc42)C2CCCN2CC3)cc1. The Kier molecular flexibility index (Phi) is 21.5. The Labute approximate surface area is 648 Å². The van der Waals surface area contributed by atoms with E-state index in [2.05, 4.69) is 124 Å². The topological polar surface area (TPSA) is 84.2 Å². The average molecular weight is 1510 g/mol. The molecule has 0 amide bonds. The zero-order chi connectivity index (χ0) is 74.4. The van der Waals surface area contributed by atoms with Crippen LogP contribution in [0.3, 0.4) is 0 Å². The van der Waals surface area contributed by atoms with E-state index in [0.717, 1.165) is 130 Å². The summed E-state index contributed by atoms with van der Waals surface area (Å²) >= 11 is 12.3. The van der Waals surface area contributed by atoms with Crippen molar-refractivity contribution in [1.29, 1.82) is 0 Å². The number of aryl methyl sites for hydroxylation is 11. The van der Waals surface area contributed by atoms with Gasteiger partial charge in [0, 0.05) is 176 Å². The molecule has 4 saturated heterocycles. The number of halogens is 6. The van der Waals surface area contributed by atoms with Crippen LogP contribution in [-0.4, -0.2) is 110 Å². The van der Waals surface area contributed by atoms with Gasteiger partial charge in [-0.3, -0.25) is 19.6 Å². The van der Waals surface area contributed by atoms with Gasteiger partial charge in [-0.25, -0.2) is 24.3 Å². The fourth-order valence-electron chi connectivity index (χ4n) is 20.0. The number of hydrogen-bond acceptors (Lipinski definition) is 8. The van der Waals surface area contributed by atoms with Gasteiger partial charge in [-0.1, -0.05) is 109 Å². The molecule has 8 aromatic heterocycles. The number of piperidine rings is 3. The van der Waals surface area contributed by atoms with Crippen LogP contribution in [0.2, 0.25) is 10.0 Å². The van der Waals surface area contributed by atoms with Crippen molar-refractivity contribution in [2.75, 3.05) is 52.4 Å². The Morgan fingerprint density at radius 3 is 1.06 bits per heavy atom. The van der Waals surface area contributed by atoms with E-state index in [4.69, 9.17) is 38.2 Å². The number of rotatable bonds is 12. The van der Waals surface area contributed by atoms with Crippen LogP contribution in [-0.2, 0) is 83.7 Å². The maximum atomic E-state index is 13.2. The third-order valence-corrected chi connectivity index (χ3v) is 25.6. The van der Waals surface area contributed by atoms with E-state index in [9.17, 15) is 17.6 Å². The van der Waals surface area contributed by atoms with Crippen LogP contribution in [0, 0.1) is 26.6 Å². The summed E-state index contributed by atoms with van der Waals surface area (Å²) in [6.07, 6.45) is 25.7. The minimum Gasteiger partial charge on any atom is -0.329 e. The van der Waals surface area contributed by atoms with Gasteiger partial charge in [0.25, 0.3) is 0 Å². The molecule has 4 fully saturated rings. The lowest BCUT2D eigenvalue weighted by Gasteiger charge is -2.39. The van der Waals surface area contributed by atoms with Gasteiger partial charge in [0.2, 0.25) is 0 Å². The Bertz CT molecular complexity index is 5070. The number of aromatic nitrogens is 8. The molecular formula is C91H100Cl2F4N12. The molecule has 8 aliphatic rings. The number of alkyl halides is 3. The molecule has 4 unspecified atom stereocenters.